The molecule has 0 unspecified atom stereocenters. The first kappa shape index (κ1) is 29.4. The van der Waals surface area contributed by atoms with E-state index in [-0.39, 0.29) is 0 Å². The van der Waals surface area contributed by atoms with E-state index >= 15 is 0 Å². The van der Waals surface area contributed by atoms with Gasteiger partial charge in [-0.15, -0.1) is 0 Å². The predicted molar refractivity (Wildman–Crippen MR) is 214 cm³/mol. The number of benzene rings is 6. The Morgan fingerprint density at radius 3 is 1.68 bits per heavy atom. The van der Waals surface area contributed by atoms with Crippen molar-refractivity contribution in [3.63, 3.8) is 0 Å². The highest BCUT2D eigenvalue weighted by Gasteiger charge is 2.29. The molecule has 0 saturated heterocycles. The van der Waals surface area contributed by atoms with E-state index in [9.17, 15) is 0 Å². The molecule has 5 heterocycles. The van der Waals surface area contributed by atoms with Gasteiger partial charge < -0.3 is 4.57 Å². The fraction of sp³-hybridized carbons (Fsp3) is 0. The van der Waals surface area contributed by atoms with Crippen LogP contribution in [0.25, 0.3) is 94.6 Å². The van der Waals surface area contributed by atoms with Crippen LogP contribution >= 0.6 is 0 Å². The summed E-state index contributed by atoms with van der Waals surface area (Å²) < 4.78 is 6.96. The highest BCUT2D eigenvalue weighted by molar-refractivity contribution is 6.36. The molecule has 0 aliphatic rings. The fourth-order valence-electron chi connectivity index (χ4n) is 8.04. The molecule has 7 nitrogen and oxygen atoms in total. The Labute approximate surface area is 303 Å². The van der Waals surface area contributed by atoms with Crippen molar-refractivity contribution in [2.45, 2.75) is 0 Å². The molecule has 6 aromatic carbocycles. The summed E-state index contributed by atoms with van der Waals surface area (Å²) in [6.07, 6.45) is 5.44. The number of rotatable bonds is 5. The fourth-order valence-corrected chi connectivity index (χ4v) is 8.04. The van der Waals surface area contributed by atoms with E-state index in [1.165, 1.54) is 0 Å². The topological polar surface area (TPSA) is 66.3 Å². The molecule has 0 bridgehead atoms. The number of nitrogens with zero attached hydrogens (tertiary/aromatic N) is 7. The SMILES string of the molecule is c1ccc(-c2nc3c4c5ccccc5n(-c5ccccc5)c4c4c5ccccc5n(-c5nccc(-c6ccncc6)n5)c4c3n2-c2ccccc2)cc1. The Morgan fingerprint density at radius 2 is 0.981 bits per heavy atom. The van der Waals surface area contributed by atoms with Gasteiger partial charge in [0.05, 0.1) is 33.3 Å². The molecule has 5 aromatic heterocycles. The first-order valence-electron chi connectivity index (χ1n) is 17.7. The van der Waals surface area contributed by atoms with E-state index < -0.39 is 0 Å². The van der Waals surface area contributed by atoms with Crippen LogP contribution in [0.5, 0.6) is 0 Å². The standard InChI is InChI=1S/C46H29N7/c1-4-14-31(15-5-1)45-50-41-39-34-20-10-12-22-37(34)51(32-16-6-2-7-17-32)42(39)40-35-21-11-13-23-38(35)53(43(40)44(41)52(45)33-18-8-3-9-19-33)46-48-29-26-36(49-46)30-24-27-47-28-25-30/h1-29H. The maximum absolute atomic E-state index is 5.65. The number of pyridine rings is 1. The molecule has 0 aliphatic heterocycles. The summed E-state index contributed by atoms with van der Waals surface area (Å²) in [5.41, 5.74) is 11.0. The molecule has 0 amide bonds. The second kappa shape index (κ2) is 11.6. The van der Waals surface area contributed by atoms with Crippen molar-refractivity contribution in [2.24, 2.45) is 0 Å². The Kier molecular flexibility index (Phi) is 6.42. The highest BCUT2D eigenvalue weighted by atomic mass is 15.2. The molecule has 0 aliphatic carbocycles. The van der Waals surface area contributed by atoms with Crippen LogP contribution in [0.3, 0.4) is 0 Å². The molecule has 0 saturated carbocycles. The minimum Gasteiger partial charge on any atom is -0.308 e. The van der Waals surface area contributed by atoms with Crippen molar-refractivity contribution in [3.8, 4) is 40.0 Å². The van der Waals surface area contributed by atoms with Gasteiger partial charge in [0.25, 0.3) is 0 Å². The summed E-state index contributed by atoms with van der Waals surface area (Å²) in [6, 6.07) is 54.9. The van der Waals surface area contributed by atoms with E-state index in [0.717, 1.165) is 88.7 Å². The number of imidazole rings is 1. The predicted octanol–water partition coefficient (Wildman–Crippen LogP) is 10.7. The van der Waals surface area contributed by atoms with Gasteiger partial charge in [0.1, 0.15) is 11.3 Å². The lowest BCUT2D eigenvalue weighted by Crippen LogP contribution is -2.04. The Hall–Kier alpha value is -7.38. The van der Waals surface area contributed by atoms with Crippen LogP contribution in [0.4, 0.5) is 0 Å². The van der Waals surface area contributed by atoms with Crippen LogP contribution in [0.15, 0.2) is 176 Å². The number of para-hydroxylation sites is 4. The second-order valence-corrected chi connectivity index (χ2v) is 13.1. The average Bonchev–Trinajstić information content (AvgIpc) is 3.91. The van der Waals surface area contributed by atoms with Crippen molar-refractivity contribution in [1.29, 1.82) is 0 Å². The molecule has 11 rings (SSSR count). The molecule has 0 fully saturated rings. The van der Waals surface area contributed by atoms with Crippen LogP contribution in [-0.2, 0) is 0 Å². The minimum absolute atomic E-state index is 0.579. The molecular formula is C46H29N7. The largest absolute Gasteiger partial charge is 0.308 e. The third-order valence-corrected chi connectivity index (χ3v) is 10.2. The lowest BCUT2D eigenvalue weighted by atomic mass is 10.1. The van der Waals surface area contributed by atoms with E-state index in [1.807, 2.05) is 30.5 Å². The molecule has 7 heteroatoms. The van der Waals surface area contributed by atoms with Gasteiger partial charge in [-0.05, 0) is 54.6 Å². The lowest BCUT2D eigenvalue weighted by Gasteiger charge is -2.14. The first-order valence-corrected chi connectivity index (χ1v) is 17.7. The summed E-state index contributed by atoms with van der Waals surface area (Å²) in [7, 11) is 0. The molecule has 0 spiro atoms. The maximum Gasteiger partial charge on any atom is 0.235 e. The third kappa shape index (κ3) is 4.34. The average molecular weight is 680 g/mol. The van der Waals surface area contributed by atoms with Gasteiger partial charge in [0, 0.05) is 62.6 Å². The van der Waals surface area contributed by atoms with E-state index in [2.05, 4.69) is 152 Å². The normalized spacial score (nSPS) is 11.8. The van der Waals surface area contributed by atoms with Crippen LogP contribution in [0.2, 0.25) is 0 Å². The zero-order valence-electron chi connectivity index (χ0n) is 28.4. The van der Waals surface area contributed by atoms with Gasteiger partial charge >= 0.3 is 0 Å². The molecule has 53 heavy (non-hydrogen) atoms. The van der Waals surface area contributed by atoms with E-state index in [4.69, 9.17) is 15.0 Å². The third-order valence-electron chi connectivity index (χ3n) is 10.2. The zero-order valence-corrected chi connectivity index (χ0v) is 28.4. The smallest absolute Gasteiger partial charge is 0.235 e. The summed E-state index contributed by atoms with van der Waals surface area (Å²) in [5, 5.41) is 4.46. The van der Waals surface area contributed by atoms with Crippen molar-refractivity contribution < 1.29 is 0 Å². The molecule has 0 N–H and O–H groups in total. The second-order valence-electron chi connectivity index (χ2n) is 13.1. The monoisotopic (exact) mass is 679 g/mol. The molecular weight excluding hydrogens is 651 g/mol. The number of aromatic nitrogens is 7. The van der Waals surface area contributed by atoms with Crippen molar-refractivity contribution in [1.82, 2.24) is 33.6 Å². The van der Waals surface area contributed by atoms with Gasteiger partial charge in [0.2, 0.25) is 5.95 Å². The van der Waals surface area contributed by atoms with Crippen LogP contribution < -0.4 is 0 Å². The van der Waals surface area contributed by atoms with Gasteiger partial charge in [-0.1, -0.05) is 103 Å². The summed E-state index contributed by atoms with van der Waals surface area (Å²) in [5.74, 6) is 1.44. The zero-order chi connectivity index (χ0) is 34.9. The lowest BCUT2D eigenvalue weighted by molar-refractivity contribution is 0.990. The van der Waals surface area contributed by atoms with Crippen LogP contribution in [-0.4, -0.2) is 33.6 Å². The van der Waals surface area contributed by atoms with Gasteiger partial charge in [-0.2, -0.15) is 0 Å². The van der Waals surface area contributed by atoms with E-state index in [0.29, 0.717) is 5.95 Å². The maximum atomic E-state index is 5.65. The molecule has 248 valence electrons. The van der Waals surface area contributed by atoms with Crippen LogP contribution in [0.1, 0.15) is 0 Å². The minimum atomic E-state index is 0.579. The Morgan fingerprint density at radius 1 is 0.396 bits per heavy atom. The summed E-state index contributed by atoms with van der Waals surface area (Å²) in [4.78, 5) is 20.1. The summed E-state index contributed by atoms with van der Waals surface area (Å²) >= 11 is 0. The van der Waals surface area contributed by atoms with Crippen LogP contribution in [0, 0.1) is 0 Å². The molecule has 11 aromatic rings. The molecule has 0 atom stereocenters. The van der Waals surface area contributed by atoms with Crippen molar-refractivity contribution >= 4 is 54.6 Å². The van der Waals surface area contributed by atoms with Gasteiger partial charge in [-0.3, -0.25) is 14.1 Å². The highest BCUT2D eigenvalue weighted by Crippen LogP contribution is 2.48. The Bertz CT molecular complexity index is 3140. The summed E-state index contributed by atoms with van der Waals surface area (Å²) in [6.45, 7) is 0. The number of hydrogen-bond acceptors (Lipinski definition) is 4. The van der Waals surface area contributed by atoms with E-state index in [1.54, 1.807) is 12.4 Å². The number of hydrogen-bond donors (Lipinski definition) is 0. The van der Waals surface area contributed by atoms with Crippen molar-refractivity contribution in [2.75, 3.05) is 0 Å². The first-order chi connectivity index (χ1) is 26.3. The number of fused-ring (bicyclic) bond motifs is 10. The van der Waals surface area contributed by atoms with Gasteiger partial charge in [0.15, 0.2) is 0 Å². The Balaban J connectivity index is 1.44. The molecule has 0 radical (unpaired) electrons. The quantitative estimate of drug-likeness (QED) is 0.182. The van der Waals surface area contributed by atoms with Gasteiger partial charge in [-0.25, -0.2) is 15.0 Å². The van der Waals surface area contributed by atoms with Crippen molar-refractivity contribution in [3.05, 3.63) is 176 Å².